The topological polar surface area (TPSA) is 28.2 Å². The van der Waals surface area contributed by atoms with Crippen LogP contribution in [-0.4, -0.2) is 35.6 Å². The molecule has 0 radical (unpaired) electrons. The Morgan fingerprint density at radius 1 is 1.25 bits per heavy atom. The van der Waals surface area contributed by atoms with E-state index in [0.717, 1.165) is 37.2 Å². The molecule has 3 nitrogen and oxygen atoms in total. The Morgan fingerprint density at radius 2 is 2.10 bits per heavy atom. The molecule has 1 aromatic heterocycles. The Bertz CT molecular complexity index is 456. The lowest BCUT2D eigenvalue weighted by molar-refractivity contribution is 0.192. The summed E-state index contributed by atoms with van der Waals surface area (Å²) in [6, 6.07) is 4.58. The predicted molar refractivity (Wildman–Crippen MR) is 83.3 cm³/mol. The van der Waals surface area contributed by atoms with E-state index in [1.807, 2.05) is 12.1 Å². The predicted octanol–water partition coefficient (Wildman–Crippen LogP) is 3.35. The SMILES string of the molecule is Clc1ccc(CN(CC2CCCNC2)C2CC2)c(Cl)n1. The van der Waals surface area contributed by atoms with Gasteiger partial charge >= 0.3 is 0 Å². The van der Waals surface area contributed by atoms with Crippen LogP contribution in [0, 0.1) is 5.92 Å². The van der Waals surface area contributed by atoms with Crippen LogP contribution in [0.4, 0.5) is 0 Å². The van der Waals surface area contributed by atoms with Crippen molar-refractivity contribution in [3.63, 3.8) is 0 Å². The molecule has 0 amide bonds. The number of pyridine rings is 1. The van der Waals surface area contributed by atoms with Crippen LogP contribution in [-0.2, 0) is 6.54 Å². The average molecular weight is 314 g/mol. The molecule has 0 bridgehead atoms. The molecule has 2 heterocycles. The second-order valence-corrected chi connectivity index (χ2v) is 6.70. The van der Waals surface area contributed by atoms with Crippen molar-refractivity contribution in [2.45, 2.75) is 38.3 Å². The third-order valence-corrected chi connectivity index (χ3v) is 4.76. The van der Waals surface area contributed by atoms with Crippen LogP contribution in [0.3, 0.4) is 0 Å². The zero-order chi connectivity index (χ0) is 13.9. The van der Waals surface area contributed by atoms with E-state index < -0.39 is 0 Å². The van der Waals surface area contributed by atoms with E-state index in [1.165, 1.54) is 32.2 Å². The van der Waals surface area contributed by atoms with E-state index in [4.69, 9.17) is 23.2 Å². The molecule has 1 aliphatic heterocycles. The molecule has 2 fully saturated rings. The molecule has 110 valence electrons. The van der Waals surface area contributed by atoms with E-state index in [-0.39, 0.29) is 0 Å². The van der Waals surface area contributed by atoms with Crippen molar-refractivity contribution in [2.75, 3.05) is 19.6 Å². The zero-order valence-electron chi connectivity index (χ0n) is 11.6. The molecule has 1 saturated heterocycles. The minimum absolute atomic E-state index is 0.466. The lowest BCUT2D eigenvalue weighted by Crippen LogP contribution is -2.39. The number of rotatable bonds is 5. The summed E-state index contributed by atoms with van der Waals surface area (Å²) in [5.74, 6) is 0.767. The van der Waals surface area contributed by atoms with Gasteiger partial charge in [0, 0.05) is 24.7 Å². The Hall–Kier alpha value is -0.350. The van der Waals surface area contributed by atoms with Crippen molar-refractivity contribution < 1.29 is 0 Å². The molecule has 1 N–H and O–H groups in total. The first-order chi connectivity index (χ1) is 9.72. The van der Waals surface area contributed by atoms with E-state index in [0.29, 0.717) is 10.3 Å². The van der Waals surface area contributed by atoms with Gasteiger partial charge in [0.1, 0.15) is 10.3 Å². The van der Waals surface area contributed by atoms with Gasteiger partial charge in [0.25, 0.3) is 0 Å². The van der Waals surface area contributed by atoms with Gasteiger partial charge in [-0.05, 0) is 50.8 Å². The first kappa shape index (κ1) is 14.6. The first-order valence-corrected chi connectivity index (χ1v) is 8.23. The molecule has 0 aromatic carbocycles. The molecule has 1 aromatic rings. The summed E-state index contributed by atoms with van der Waals surface area (Å²) in [6.07, 6.45) is 5.27. The van der Waals surface area contributed by atoms with Crippen LogP contribution in [0.15, 0.2) is 12.1 Å². The summed E-state index contributed by atoms with van der Waals surface area (Å²) in [6.45, 7) is 4.38. The molecule has 1 atom stereocenters. The number of piperidine rings is 1. The van der Waals surface area contributed by atoms with E-state index >= 15 is 0 Å². The number of nitrogens with zero attached hydrogens (tertiary/aromatic N) is 2. The van der Waals surface area contributed by atoms with Crippen LogP contribution in [0.1, 0.15) is 31.2 Å². The second kappa shape index (κ2) is 6.61. The van der Waals surface area contributed by atoms with Crippen molar-refractivity contribution in [2.24, 2.45) is 5.92 Å². The van der Waals surface area contributed by atoms with Gasteiger partial charge in [-0.3, -0.25) is 4.90 Å². The molecule has 5 heteroatoms. The Labute approximate surface area is 130 Å². The smallest absolute Gasteiger partial charge is 0.135 e. The Kier molecular flexibility index (Phi) is 4.82. The van der Waals surface area contributed by atoms with E-state index in [2.05, 4.69) is 15.2 Å². The number of nitrogens with one attached hydrogen (secondary N) is 1. The maximum atomic E-state index is 6.21. The molecule has 2 aliphatic rings. The molecule has 1 unspecified atom stereocenters. The van der Waals surface area contributed by atoms with Gasteiger partial charge in [-0.2, -0.15) is 0 Å². The van der Waals surface area contributed by atoms with Crippen molar-refractivity contribution in [3.05, 3.63) is 28.0 Å². The highest BCUT2D eigenvalue weighted by atomic mass is 35.5. The molecule has 3 rings (SSSR count). The van der Waals surface area contributed by atoms with Crippen LogP contribution in [0.25, 0.3) is 0 Å². The number of hydrogen-bond acceptors (Lipinski definition) is 3. The molecule has 0 spiro atoms. The van der Waals surface area contributed by atoms with Crippen LogP contribution in [0.5, 0.6) is 0 Å². The molecular formula is C15H21Cl2N3. The molecule has 1 aliphatic carbocycles. The Balaban J connectivity index is 1.64. The number of aromatic nitrogens is 1. The highest BCUT2D eigenvalue weighted by Gasteiger charge is 2.31. The Morgan fingerprint density at radius 3 is 2.75 bits per heavy atom. The van der Waals surface area contributed by atoms with Gasteiger partial charge in [-0.1, -0.05) is 29.3 Å². The monoisotopic (exact) mass is 313 g/mol. The van der Waals surface area contributed by atoms with E-state index in [9.17, 15) is 0 Å². The summed E-state index contributed by atoms with van der Waals surface area (Å²) < 4.78 is 0. The van der Waals surface area contributed by atoms with Crippen molar-refractivity contribution >= 4 is 23.2 Å². The average Bonchev–Trinajstić information content (AvgIpc) is 3.26. The third kappa shape index (κ3) is 3.85. The lowest BCUT2D eigenvalue weighted by Gasteiger charge is -2.30. The first-order valence-electron chi connectivity index (χ1n) is 7.48. The van der Waals surface area contributed by atoms with Gasteiger partial charge in [0.15, 0.2) is 0 Å². The number of hydrogen-bond donors (Lipinski definition) is 1. The molecule has 20 heavy (non-hydrogen) atoms. The fourth-order valence-corrected chi connectivity index (χ4v) is 3.38. The maximum absolute atomic E-state index is 6.21. The molecule has 1 saturated carbocycles. The number of halogens is 2. The standard InChI is InChI=1S/C15H21Cl2N3/c16-14-6-3-12(15(17)19-14)10-20(13-4-5-13)9-11-2-1-7-18-8-11/h3,6,11,13,18H,1-2,4-5,7-10H2. The summed E-state index contributed by atoms with van der Waals surface area (Å²) in [5.41, 5.74) is 1.09. The zero-order valence-corrected chi connectivity index (χ0v) is 13.1. The highest BCUT2D eigenvalue weighted by Crippen LogP contribution is 2.31. The largest absolute Gasteiger partial charge is 0.316 e. The van der Waals surface area contributed by atoms with Crippen LogP contribution < -0.4 is 5.32 Å². The lowest BCUT2D eigenvalue weighted by atomic mass is 9.99. The summed E-state index contributed by atoms with van der Waals surface area (Å²) >= 11 is 12.1. The minimum Gasteiger partial charge on any atom is -0.316 e. The minimum atomic E-state index is 0.466. The van der Waals surface area contributed by atoms with E-state index in [1.54, 1.807) is 0 Å². The fraction of sp³-hybridized carbons (Fsp3) is 0.667. The molecular weight excluding hydrogens is 293 g/mol. The van der Waals surface area contributed by atoms with Gasteiger partial charge in [-0.25, -0.2) is 4.98 Å². The highest BCUT2D eigenvalue weighted by molar-refractivity contribution is 6.32. The summed E-state index contributed by atoms with van der Waals surface area (Å²) in [7, 11) is 0. The summed E-state index contributed by atoms with van der Waals surface area (Å²) in [4.78, 5) is 6.72. The summed E-state index contributed by atoms with van der Waals surface area (Å²) in [5, 5.41) is 4.51. The third-order valence-electron chi connectivity index (χ3n) is 4.22. The van der Waals surface area contributed by atoms with Gasteiger partial charge < -0.3 is 5.32 Å². The van der Waals surface area contributed by atoms with Crippen molar-refractivity contribution in [3.8, 4) is 0 Å². The normalized spacial score (nSPS) is 23.2. The van der Waals surface area contributed by atoms with Gasteiger partial charge in [0.2, 0.25) is 0 Å². The maximum Gasteiger partial charge on any atom is 0.135 e. The van der Waals surface area contributed by atoms with Gasteiger partial charge in [-0.15, -0.1) is 0 Å². The quantitative estimate of drug-likeness (QED) is 0.845. The second-order valence-electron chi connectivity index (χ2n) is 5.96. The fourth-order valence-electron chi connectivity index (χ4n) is 2.97. The van der Waals surface area contributed by atoms with Crippen molar-refractivity contribution in [1.82, 2.24) is 15.2 Å². The van der Waals surface area contributed by atoms with Gasteiger partial charge in [0.05, 0.1) is 0 Å². The van der Waals surface area contributed by atoms with Crippen LogP contribution in [0.2, 0.25) is 10.3 Å². The van der Waals surface area contributed by atoms with Crippen molar-refractivity contribution in [1.29, 1.82) is 0 Å². The van der Waals surface area contributed by atoms with Crippen LogP contribution >= 0.6 is 23.2 Å².